The van der Waals surface area contributed by atoms with Gasteiger partial charge in [-0.25, -0.2) is 8.42 Å². The molecule has 1 fully saturated rings. The summed E-state index contributed by atoms with van der Waals surface area (Å²) >= 11 is 5.71. The van der Waals surface area contributed by atoms with Crippen molar-refractivity contribution in [3.8, 4) is 0 Å². The molecule has 1 heterocycles. The molecule has 2 N–H and O–H groups in total. The van der Waals surface area contributed by atoms with Gasteiger partial charge in [0.2, 0.25) is 0 Å². The van der Waals surface area contributed by atoms with E-state index in [9.17, 15) is 22.8 Å². The molecule has 0 aromatic heterocycles. The number of benzene rings is 1. The Balaban J connectivity index is 1.67. The Morgan fingerprint density at radius 3 is 2.48 bits per heavy atom. The van der Waals surface area contributed by atoms with Gasteiger partial charge in [-0.05, 0) is 30.7 Å². The van der Waals surface area contributed by atoms with Gasteiger partial charge in [0.15, 0.2) is 16.4 Å². The Morgan fingerprint density at radius 1 is 1.20 bits per heavy atom. The minimum absolute atomic E-state index is 0.0362. The monoisotopic (exact) mass is 388 g/mol. The van der Waals surface area contributed by atoms with E-state index < -0.39 is 46.8 Å². The second kappa shape index (κ2) is 8.30. The molecule has 0 radical (unpaired) electrons. The van der Waals surface area contributed by atoms with Crippen molar-refractivity contribution in [3.05, 3.63) is 34.9 Å². The molecule has 1 saturated heterocycles. The summed E-state index contributed by atoms with van der Waals surface area (Å²) in [6.45, 7) is -0.932. The molecule has 1 aliphatic heterocycles. The lowest BCUT2D eigenvalue weighted by atomic mass is 10.2. The lowest BCUT2D eigenvalue weighted by Gasteiger charge is -2.11. The number of carbonyl (C=O) groups excluding carboxylic acids is 3. The van der Waals surface area contributed by atoms with Crippen molar-refractivity contribution in [2.24, 2.45) is 0 Å². The van der Waals surface area contributed by atoms with Crippen LogP contribution in [0.15, 0.2) is 24.3 Å². The van der Waals surface area contributed by atoms with Crippen molar-refractivity contribution in [2.45, 2.75) is 12.5 Å². The fourth-order valence-corrected chi connectivity index (χ4v) is 4.03. The molecule has 8 nitrogen and oxygen atoms in total. The van der Waals surface area contributed by atoms with Crippen LogP contribution in [0.1, 0.15) is 16.8 Å². The van der Waals surface area contributed by atoms with Gasteiger partial charge in [0.25, 0.3) is 11.8 Å². The highest BCUT2D eigenvalue weighted by molar-refractivity contribution is 7.91. The molecule has 1 aromatic rings. The molecule has 10 heteroatoms. The highest BCUT2D eigenvalue weighted by Crippen LogP contribution is 2.11. The smallest absolute Gasteiger partial charge is 0.325 e. The Hall–Kier alpha value is -2.13. The van der Waals surface area contributed by atoms with E-state index in [-0.39, 0.29) is 11.5 Å². The first kappa shape index (κ1) is 19.2. The molecule has 0 saturated carbocycles. The SMILES string of the molecule is O=C(COC(=O)CNC(=O)c1ccc(Cl)cc1)N[C@H]1CCS(=O)(=O)C1. The first-order valence-corrected chi connectivity index (χ1v) is 9.64. The zero-order valence-corrected chi connectivity index (χ0v) is 14.7. The van der Waals surface area contributed by atoms with Gasteiger partial charge < -0.3 is 15.4 Å². The lowest BCUT2D eigenvalue weighted by Crippen LogP contribution is -2.39. The first-order valence-electron chi connectivity index (χ1n) is 7.44. The second-order valence-corrected chi connectivity index (χ2v) is 8.18. The van der Waals surface area contributed by atoms with Gasteiger partial charge >= 0.3 is 5.97 Å². The molecule has 0 unspecified atom stereocenters. The largest absolute Gasteiger partial charge is 0.454 e. The zero-order chi connectivity index (χ0) is 18.4. The van der Waals surface area contributed by atoms with Crippen molar-refractivity contribution >= 4 is 39.2 Å². The predicted octanol–water partition coefficient (Wildman–Crippen LogP) is -0.0837. The molecular weight excluding hydrogens is 372 g/mol. The van der Waals surface area contributed by atoms with Crippen LogP contribution in [0.25, 0.3) is 0 Å². The number of ether oxygens (including phenoxy) is 1. The van der Waals surface area contributed by atoms with Crippen LogP contribution in [0.2, 0.25) is 5.02 Å². The minimum atomic E-state index is -3.10. The van der Waals surface area contributed by atoms with Gasteiger partial charge in [-0.3, -0.25) is 14.4 Å². The zero-order valence-electron chi connectivity index (χ0n) is 13.2. The third-order valence-electron chi connectivity index (χ3n) is 3.46. The Morgan fingerprint density at radius 2 is 1.88 bits per heavy atom. The summed E-state index contributed by atoms with van der Waals surface area (Å²) in [5, 5.41) is 5.33. The fraction of sp³-hybridized carbons (Fsp3) is 0.400. The second-order valence-electron chi connectivity index (χ2n) is 5.52. The van der Waals surface area contributed by atoms with E-state index >= 15 is 0 Å². The number of halogens is 1. The number of nitrogens with one attached hydrogen (secondary N) is 2. The summed E-state index contributed by atoms with van der Waals surface area (Å²) in [5.74, 6) is -1.91. The average molecular weight is 389 g/mol. The number of carbonyl (C=O) groups is 3. The van der Waals surface area contributed by atoms with E-state index in [1.54, 1.807) is 12.1 Å². The summed E-state index contributed by atoms with van der Waals surface area (Å²) in [6, 6.07) is 5.64. The van der Waals surface area contributed by atoms with Crippen LogP contribution in [-0.4, -0.2) is 56.9 Å². The molecule has 2 rings (SSSR count). The third kappa shape index (κ3) is 6.35. The quantitative estimate of drug-likeness (QED) is 0.658. The van der Waals surface area contributed by atoms with Crippen LogP contribution in [0.3, 0.4) is 0 Å². The van der Waals surface area contributed by atoms with E-state index in [4.69, 9.17) is 16.3 Å². The van der Waals surface area contributed by atoms with Gasteiger partial charge in [-0.2, -0.15) is 0 Å². The highest BCUT2D eigenvalue weighted by atomic mass is 35.5. The molecular formula is C15H17ClN2O6S. The third-order valence-corrected chi connectivity index (χ3v) is 5.48. The fourth-order valence-electron chi connectivity index (χ4n) is 2.23. The van der Waals surface area contributed by atoms with Gasteiger partial charge in [0.05, 0.1) is 11.5 Å². The van der Waals surface area contributed by atoms with Crippen LogP contribution >= 0.6 is 11.6 Å². The van der Waals surface area contributed by atoms with Crippen LogP contribution < -0.4 is 10.6 Å². The summed E-state index contributed by atoms with van der Waals surface area (Å²) in [4.78, 5) is 35.0. The standard InChI is InChI=1S/C15H17ClN2O6S/c16-11-3-1-10(2-4-11)15(21)17-7-14(20)24-8-13(19)18-12-5-6-25(22,23)9-12/h1-4,12H,5-9H2,(H,17,21)(H,18,19)/t12-/m0/s1. The summed E-state index contributed by atoms with van der Waals surface area (Å²) < 4.78 is 27.3. The number of esters is 1. The number of rotatable bonds is 6. The van der Waals surface area contributed by atoms with E-state index in [0.717, 1.165) is 0 Å². The van der Waals surface area contributed by atoms with Crippen molar-refractivity contribution in [2.75, 3.05) is 24.7 Å². The van der Waals surface area contributed by atoms with Gasteiger partial charge in [-0.1, -0.05) is 11.6 Å². The van der Waals surface area contributed by atoms with Crippen molar-refractivity contribution < 1.29 is 27.5 Å². The normalized spacial score (nSPS) is 18.4. The van der Waals surface area contributed by atoms with Gasteiger partial charge in [0.1, 0.15) is 6.54 Å². The molecule has 0 bridgehead atoms. The molecule has 1 aromatic carbocycles. The number of sulfone groups is 1. The van der Waals surface area contributed by atoms with Crippen LogP contribution in [0.4, 0.5) is 0 Å². The van der Waals surface area contributed by atoms with Crippen molar-refractivity contribution in [1.82, 2.24) is 10.6 Å². The Kier molecular flexibility index (Phi) is 6.38. The molecule has 0 aliphatic carbocycles. The molecule has 2 amide bonds. The van der Waals surface area contributed by atoms with E-state index in [1.165, 1.54) is 12.1 Å². The van der Waals surface area contributed by atoms with Crippen LogP contribution in [-0.2, 0) is 24.2 Å². The maximum atomic E-state index is 11.8. The maximum absolute atomic E-state index is 11.8. The highest BCUT2D eigenvalue weighted by Gasteiger charge is 2.29. The molecule has 1 aliphatic rings. The Labute approximate surface area is 149 Å². The average Bonchev–Trinajstić information content (AvgIpc) is 2.90. The van der Waals surface area contributed by atoms with E-state index in [1.807, 2.05) is 0 Å². The predicted molar refractivity (Wildman–Crippen MR) is 89.9 cm³/mol. The van der Waals surface area contributed by atoms with Crippen molar-refractivity contribution in [1.29, 1.82) is 0 Å². The minimum Gasteiger partial charge on any atom is -0.454 e. The lowest BCUT2D eigenvalue weighted by molar-refractivity contribution is -0.147. The molecule has 25 heavy (non-hydrogen) atoms. The Bertz CT molecular complexity index is 763. The van der Waals surface area contributed by atoms with Gasteiger partial charge in [-0.15, -0.1) is 0 Å². The van der Waals surface area contributed by atoms with Crippen LogP contribution in [0.5, 0.6) is 0 Å². The van der Waals surface area contributed by atoms with Crippen molar-refractivity contribution in [3.63, 3.8) is 0 Å². The maximum Gasteiger partial charge on any atom is 0.325 e. The molecule has 136 valence electrons. The number of hydrogen-bond donors (Lipinski definition) is 2. The summed E-state index contributed by atoms with van der Waals surface area (Å²) in [6.07, 6.45) is 0.346. The summed E-state index contributed by atoms with van der Waals surface area (Å²) in [5.41, 5.74) is 0.331. The molecule has 0 spiro atoms. The molecule has 1 atom stereocenters. The summed E-state index contributed by atoms with van der Waals surface area (Å²) in [7, 11) is -3.10. The first-order chi connectivity index (χ1) is 11.7. The van der Waals surface area contributed by atoms with Crippen LogP contribution in [0, 0.1) is 0 Å². The van der Waals surface area contributed by atoms with Gasteiger partial charge in [0, 0.05) is 16.6 Å². The number of hydrogen-bond acceptors (Lipinski definition) is 6. The van der Waals surface area contributed by atoms with E-state index in [0.29, 0.717) is 17.0 Å². The number of amides is 2. The van der Waals surface area contributed by atoms with E-state index in [2.05, 4.69) is 10.6 Å². The topological polar surface area (TPSA) is 119 Å².